The minimum absolute atomic E-state index is 0.00379. The van der Waals surface area contributed by atoms with Crippen molar-refractivity contribution in [1.82, 2.24) is 9.55 Å². The van der Waals surface area contributed by atoms with Gasteiger partial charge in [0.25, 0.3) is 0 Å². The van der Waals surface area contributed by atoms with Crippen LogP contribution < -0.4 is 4.74 Å². The SMILES string of the molecule is Cc1ncc([N+](=O)[O-])n1Cc1ccccc1OCC(F)(F)F. The van der Waals surface area contributed by atoms with Gasteiger partial charge in [-0.25, -0.2) is 9.55 Å². The molecule has 1 aromatic carbocycles. The van der Waals surface area contributed by atoms with Crippen molar-refractivity contribution in [2.24, 2.45) is 0 Å². The third-order valence-electron chi connectivity index (χ3n) is 2.91. The molecule has 118 valence electrons. The maximum Gasteiger partial charge on any atom is 0.422 e. The molecule has 0 N–H and O–H groups in total. The Hall–Kier alpha value is -2.58. The summed E-state index contributed by atoms with van der Waals surface area (Å²) < 4.78 is 42.8. The van der Waals surface area contributed by atoms with E-state index in [9.17, 15) is 23.3 Å². The molecule has 2 rings (SSSR count). The molecule has 1 heterocycles. The van der Waals surface area contributed by atoms with Crippen molar-refractivity contribution in [3.8, 4) is 5.75 Å². The zero-order chi connectivity index (χ0) is 16.3. The quantitative estimate of drug-likeness (QED) is 0.628. The van der Waals surface area contributed by atoms with Gasteiger partial charge >= 0.3 is 12.0 Å². The van der Waals surface area contributed by atoms with Crippen LogP contribution in [0.2, 0.25) is 0 Å². The van der Waals surface area contributed by atoms with Gasteiger partial charge < -0.3 is 14.9 Å². The smallest absolute Gasteiger partial charge is 0.422 e. The summed E-state index contributed by atoms with van der Waals surface area (Å²) in [5.74, 6) is 0.183. The van der Waals surface area contributed by atoms with Crippen LogP contribution in [0.5, 0.6) is 5.75 Å². The van der Waals surface area contributed by atoms with Gasteiger partial charge in [-0.1, -0.05) is 18.2 Å². The second-order valence-electron chi connectivity index (χ2n) is 4.52. The zero-order valence-electron chi connectivity index (χ0n) is 11.5. The molecule has 0 radical (unpaired) electrons. The van der Waals surface area contributed by atoms with Crippen LogP contribution >= 0.6 is 0 Å². The Morgan fingerprint density at radius 2 is 2.05 bits per heavy atom. The molecule has 0 spiro atoms. The number of rotatable bonds is 5. The number of halogens is 3. The molecule has 22 heavy (non-hydrogen) atoms. The number of alkyl halides is 3. The van der Waals surface area contributed by atoms with E-state index in [1.54, 1.807) is 19.1 Å². The lowest BCUT2D eigenvalue weighted by Crippen LogP contribution is -2.20. The van der Waals surface area contributed by atoms with E-state index in [0.29, 0.717) is 11.4 Å². The van der Waals surface area contributed by atoms with Gasteiger partial charge in [-0.2, -0.15) is 13.2 Å². The van der Waals surface area contributed by atoms with Crippen molar-refractivity contribution in [3.63, 3.8) is 0 Å². The monoisotopic (exact) mass is 315 g/mol. The number of aryl methyl sites for hydroxylation is 1. The van der Waals surface area contributed by atoms with Gasteiger partial charge in [-0.3, -0.25) is 0 Å². The lowest BCUT2D eigenvalue weighted by atomic mass is 10.2. The van der Waals surface area contributed by atoms with Gasteiger partial charge in [-0.05, 0) is 11.0 Å². The van der Waals surface area contributed by atoms with Crippen LogP contribution in [0, 0.1) is 17.0 Å². The predicted molar refractivity (Wildman–Crippen MR) is 70.7 cm³/mol. The van der Waals surface area contributed by atoms with Gasteiger partial charge in [0.15, 0.2) is 12.4 Å². The fourth-order valence-corrected chi connectivity index (χ4v) is 1.90. The lowest BCUT2D eigenvalue weighted by Gasteiger charge is -2.12. The molecule has 2 aromatic rings. The highest BCUT2D eigenvalue weighted by Gasteiger charge is 2.29. The van der Waals surface area contributed by atoms with Gasteiger partial charge in [0.2, 0.25) is 0 Å². The van der Waals surface area contributed by atoms with Gasteiger partial charge in [0, 0.05) is 12.5 Å². The highest BCUT2D eigenvalue weighted by atomic mass is 19.4. The topological polar surface area (TPSA) is 70.2 Å². The number of aromatic nitrogens is 2. The Morgan fingerprint density at radius 1 is 1.36 bits per heavy atom. The fourth-order valence-electron chi connectivity index (χ4n) is 1.90. The summed E-state index contributed by atoms with van der Waals surface area (Å²) >= 11 is 0. The van der Waals surface area contributed by atoms with E-state index in [2.05, 4.69) is 4.98 Å². The first-order valence-electron chi connectivity index (χ1n) is 6.22. The summed E-state index contributed by atoms with van der Waals surface area (Å²) in [6, 6.07) is 6.09. The van der Waals surface area contributed by atoms with E-state index < -0.39 is 17.7 Å². The van der Waals surface area contributed by atoms with Gasteiger partial charge in [0.1, 0.15) is 18.5 Å². The second-order valence-corrected chi connectivity index (χ2v) is 4.52. The Labute approximate surface area is 123 Å². The van der Waals surface area contributed by atoms with E-state index >= 15 is 0 Å². The van der Waals surface area contributed by atoms with Crippen LogP contribution in [0.3, 0.4) is 0 Å². The van der Waals surface area contributed by atoms with Gasteiger partial charge in [0.05, 0.1) is 0 Å². The van der Waals surface area contributed by atoms with Crippen LogP contribution in [0.1, 0.15) is 11.4 Å². The molecule has 0 fully saturated rings. The number of para-hydroxylation sites is 1. The summed E-state index contributed by atoms with van der Waals surface area (Å²) in [6.45, 7) is 0.150. The molecule has 0 amide bonds. The maximum absolute atomic E-state index is 12.3. The van der Waals surface area contributed by atoms with E-state index in [0.717, 1.165) is 6.20 Å². The zero-order valence-corrected chi connectivity index (χ0v) is 11.5. The van der Waals surface area contributed by atoms with E-state index in [-0.39, 0.29) is 18.1 Å². The molecule has 0 saturated carbocycles. The first-order chi connectivity index (χ1) is 10.3. The first-order valence-corrected chi connectivity index (χ1v) is 6.22. The maximum atomic E-state index is 12.3. The number of hydrogen-bond acceptors (Lipinski definition) is 4. The van der Waals surface area contributed by atoms with Crippen molar-refractivity contribution in [2.75, 3.05) is 6.61 Å². The summed E-state index contributed by atoms with van der Waals surface area (Å²) in [4.78, 5) is 14.2. The minimum Gasteiger partial charge on any atom is -0.484 e. The molecule has 6 nitrogen and oxygen atoms in total. The van der Waals surface area contributed by atoms with Crippen LogP contribution in [-0.2, 0) is 6.54 Å². The molecular weight excluding hydrogens is 303 g/mol. The molecule has 0 aliphatic carbocycles. The summed E-state index contributed by atoms with van der Waals surface area (Å²) in [6.07, 6.45) is -3.35. The molecule has 0 bridgehead atoms. The van der Waals surface area contributed by atoms with Crippen molar-refractivity contribution >= 4 is 5.82 Å². The van der Waals surface area contributed by atoms with Crippen LogP contribution in [0.25, 0.3) is 0 Å². The van der Waals surface area contributed by atoms with Crippen molar-refractivity contribution in [1.29, 1.82) is 0 Å². The molecule has 0 saturated heterocycles. The number of imidazole rings is 1. The standard InChI is InChI=1S/C13H12F3N3O3/c1-9-17-6-12(19(20)21)18(9)7-10-4-2-3-5-11(10)22-8-13(14,15)16/h2-6H,7-8H2,1H3. The van der Waals surface area contributed by atoms with Crippen LogP contribution in [0.4, 0.5) is 19.0 Å². The minimum atomic E-state index is -4.45. The van der Waals surface area contributed by atoms with E-state index in [1.807, 2.05) is 0 Å². The number of benzene rings is 1. The highest BCUT2D eigenvalue weighted by molar-refractivity contribution is 5.35. The molecule has 0 aliphatic rings. The number of nitrogens with zero attached hydrogens (tertiary/aromatic N) is 3. The fraction of sp³-hybridized carbons (Fsp3) is 0.308. The Balaban J connectivity index is 2.27. The number of nitro groups is 1. The summed E-state index contributed by atoms with van der Waals surface area (Å²) in [5.41, 5.74) is 0.399. The van der Waals surface area contributed by atoms with Crippen LogP contribution in [0.15, 0.2) is 30.5 Å². The van der Waals surface area contributed by atoms with E-state index in [4.69, 9.17) is 4.74 Å². The highest BCUT2D eigenvalue weighted by Crippen LogP contribution is 2.25. The molecule has 0 unspecified atom stereocenters. The van der Waals surface area contributed by atoms with Crippen molar-refractivity contribution < 1.29 is 22.8 Å². The second kappa shape index (κ2) is 6.04. The predicted octanol–water partition coefficient (Wildman–Crippen LogP) is 3.09. The third kappa shape index (κ3) is 3.74. The van der Waals surface area contributed by atoms with Crippen molar-refractivity contribution in [2.45, 2.75) is 19.6 Å². The number of hydrogen-bond donors (Lipinski definition) is 0. The summed E-state index contributed by atoms with van der Waals surface area (Å²) in [5, 5.41) is 10.9. The average molecular weight is 315 g/mol. The molecular formula is C13H12F3N3O3. The third-order valence-corrected chi connectivity index (χ3v) is 2.91. The molecule has 1 aromatic heterocycles. The van der Waals surface area contributed by atoms with E-state index in [1.165, 1.54) is 16.7 Å². The Kier molecular flexibility index (Phi) is 4.34. The lowest BCUT2D eigenvalue weighted by molar-refractivity contribution is -0.392. The molecule has 0 aliphatic heterocycles. The Bertz CT molecular complexity index is 683. The summed E-state index contributed by atoms with van der Waals surface area (Å²) in [7, 11) is 0. The van der Waals surface area contributed by atoms with Crippen molar-refractivity contribution in [3.05, 3.63) is 52.0 Å². The average Bonchev–Trinajstić information content (AvgIpc) is 2.78. The van der Waals surface area contributed by atoms with Crippen LogP contribution in [-0.4, -0.2) is 27.3 Å². The largest absolute Gasteiger partial charge is 0.484 e. The Morgan fingerprint density at radius 3 is 2.68 bits per heavy atom. The molecule has 9 heteroatoms. The molecule has 0 atom stereocenters. The first kappa shape index (κ1) is 15.8. The normalized spacial score (nSPS) is 11.5. The van der Waals surface area contributed by atoms with Gasteiger partial charge in [-0.15, -0.1) is 0 Å². The number of ether oxygens (including phenoxy) is 1.